The highest BCUT2D eigenvalue weighted by Crippen LogP contribution is 2.31. The fourth-order valence-electron chi connectivity index (χ4n) is 3.51. The van der Waals surface area contributed by atoms with Gasteiger partial charge in [-0.15, -0.1) is 5.10 Å². The first-order chi connectivity index (χ1) is 17.5. The third-order valence-corrected chi connectivity index (χ3v) is 7.04. The molecule has 0 saturated heterocycles. The highest BCUT2D eigenvalue weighted by atomic mass is 35.5. The number of carboxylic acids is 1. The van der Waals surface area contributed by atoms with Crippen molar-refractivity contribution in [2.75, 3.05) is 11.1 Å². The number of nitrogens with zero attached hydrogens (tertiary/aromatic N) is 4. The van der Waals surface area contributed by atoms with Gasteiger partial charge in [0, 0.05) is 0 Å². The summed E-state index contributed by atoms with van der Waals surface area (Å²) >= 11 is 14.1. The molecule has 0 aliphatic heterocycles. The van der Waals surface area contributed by atoms with Crippen molar-refractivity contribution in [3.63, 3.8) is 0 Å². The summed E-state index contributed by atoms with van der Waals surface area (Å²) in [7, 11) is 0. The third kappa shape index (κ3) is 6.30. The number of carbonyl (C=O) groups is 2. The lowest BCUT2D eigenvalue weighted by molar-refractivity contribution is -0.113. The lowest BCUT2D eigenvalue weighted by Crippen LogP contribution is -2.15. The number of carboxylic acid groups (broad SMARTS) is 1. The zero-order valence-corrected chi connectivity index (χ0v) is 22.5. The van der Waals surface area contributed by atoms with Crippen molar-refractivity contribution in [1.29, 1.82) is 0 Å². The Morgan fingerprint density at radius 2 is 1.76 bits per heavy atom. The average Bonchev–Trinajstić information content (AvgIpc) is 3.31. The zero-order chi connectivity index (χ0) is 26.7. The number of aromatic nitrogens is 4. The second-order valence-electron chi connectivity index (χ2n) is 9.21. The van der Waals surface area contributed by atoms with E-state index in [4.69, 9.17) is 23.2 Å². The average molecular weight is 556 g/mol. The fourth-order valence-corrected chi connectivity index (χ4v) is 4.68. The Kier molecular flexibility index (Phi) is 7.87. The lowest BCUT2D eigenvalue weighted by atomic mass is 9.87. The van der Waals surface area contributed by atoms with Crippen LogP contribution in [0, 0.1) is 0 Å². The molecular weight excluding hydrogens is 533 g/mol. The molecule has 190 valence electrons. The van der Waals surface area contributed by atoms with Gasteiger partial charge in [0.1, 0.15) is 0 Å². The monoisotopic (exact) mass is 555 g/mol. The van der Waals surface area contributed by atoms with Gasteiger partial charge in [-0.05, 0) is 68.9 Å². The Hall–Kier alpha value is -3.40. The van der Waals surface area contributed by atoms with Crippen LogP contribution in [-0.2, 0) is 10.2 Å². The predicted octanol–water partition coefficient (Wildman–Crippen LogP) is 6.36. The van der Waals surface area contributed by atoms with Gasteiger partial charge >= 0.3 is 5.97 Å². The number of hydrogen-bond donors (Lipinski definition) is 2. The van der Waals surface area contributed by atoms with E-state index in [-0.39, 0.29) is 22.6 Å². The number of carbonyl (C=O) groups excluding carboxylic acids is 1. The third-order valence-electron chi connectivity index (χ3n) is 5.50. The van der Waals surface area contributed by atoms with Gasteiger partial charge in [0.25, 0.3) is 0 Å². The normalized spacial score (nSPS) is 11.4. The second-order valence-corrected chi connectivity index (χ2v) is 11.0. The highest BCUT2D eigenvalue weighted by molar-refractivity contribution is 7.99. The summed E-state index contributed by atoms with van der Waals surface area (Å²) in [5.74, 6) is -1.27. The van der Waals surface area contributed by atoms with Gasteiger partial charge in [0.2, 0.25) is 11.1 Å². The minimum atomic E-state index is -1.01. The lowest BCUT2D eigenvalue weighted by Gasteiger charge is -2.20. The standard InChI is InChI=1S/C26H23Cl2N5O3S/c1-26(2,3)18-8-10-22(20(28)13-18)33-25(30-31-32-33)37-14-23(34)29-21-9-7-16(12-19(21)27)15-5-4-6-17(11-15)24(35)36/h4-13H,14H2,1-3H3,(H,29,34)(H,35,36). The molecule has 0 aliphatic rings. The molecule has 2 N–H and O–H groups in total. The molecule has 3 aromatic carbocycles. The van der Waals surface area contributed by atoms with E-state index in [0.717, 1.165) is 22.9 Å². The first kappa shape index (κ1) is 26.7. The molecule has 0 bridgehead atoms. The van der Waals surface area contributed by atoms with Gasteiger partial charge < -0.3 is 10.4 Å². The molecule has 0 spiro atoms. The number of hydrogen-bond acceptors (Lipinski definition) is 6. The van der Waals surface area contributed by atoms with E-state index in [1.54, 1.807) is 36.4 Å². The van der Waals surface area contributed by atoms with Crippen LogP contribution in [0.3, 0.4) is 0 Å². The first-order valence-electron chi connectivity index (χ1n) is 11.2. The number of rotatable bonds is 7. The number of amides is 1. The maximum absolute atomic E-state index is 12.6. The van der Waals surface area contributed by atoms with E-state index in [1.807, 2.05) is 18.2 Å². The van der Waals surface area contributed by atoms with Crippen molar-refractivity contribution in [1.82, 2.24) is 20.2 Å². The Labute approximate surface area is 228 Å². The van der Waals surface area contributed by atoms with E-state index >= 15 is 0 Å². The maximum atomic E-state index is 12.6. The second kappa shape index (κ2) is 10.9. The van der Waals surface area contributed by atoms with Gasteiger partial charge in [0.05, 0.1) is 32.7 Å². The van der Waals surface area contributed by atoms with Gasteiger partial charge in [-0.1, -0.05) is 80.0 Å². The van der Waals surface area contributed by atoms with Crippen molar-refractivity contribution >= 4 is 52.5 Å². The molecule has 0 radical (unpaired) electrons. The van der Waals surface area contributed by atoms with Crippen LogP contribution in [-0.4, -0.2) is 42.9 Å². The smallest absolute Gasteiger partial charge is 0.335 e. The van der Waals surface area contributed by atoms with Crippen molar-refractivity contribution in [2.24, 2.45) is 0 Å². The molecule has 0 aliphatic carbocycles. The van der Waals surface area contributed by atoms with E-state index in [9.17, 15) is 14.7 Å². The molecule has 37 heavy (non-hydrogen) atoms. The van der Waals surface area contributed by atoms with Crippen molar-refractivity contribution < 1.29 is 14.7 Å². The van der Waals surface area contributed by atoms with Crippen molar-refractivity contribution in [3.05, 3.63) is 81.8 Å². The molecule has 4 rings (SSSR count). The Balaban J connectivity index is 1.43. The summed E-state index contributed by atoms with van der Waals surface area (Å²) in [5, 5.41) is 25.0. The van der Waals surface area contributed by atoms with Crippen LogP contribution in [0.1, 0.15) is 36.7 Å². The van der Waals surface area contributed by atoms with Crippen LogP contribution in [0.4, 0.5) is 5.69 Å². The van der Waals surface area contributed by atoms with Crippen molar-refractivity contribution in [3.8, 4) is 16.8 Å². The zero-order valence-electron chi connectivity index (χ0n) is 20.2. The van der Waals surface area contributed by atoms with Gasteiger partial charge in [-0.2, -0.15) is 4.68 Å². The molecule has 0 atom stereocenters. The molecule has 0 fully saturated rings. The van der Waals surface area contributed by atoms with Gasteiger partial charge in [0.15, 0.2) is 0 Å². The number of thioether (sulfide) groups is 1. The molecule has 8 nitrogen and oxygen atoms in total. The molecule has 0 unspecified atom stereocenters. The number of halogens is 2. The highest BCUT2D eigenvalue weighted by Gasteiger charge is 2.19. The van der Waals surface area contributed by atoms with Crippen molar-refractivity contribution in [2.45, 2.75) is 31.3 Å². The van der Waals surface area contributed by atoms with E-state index in [1.165, 1.54) is 10.7 Å². The number of aromatic carboxylic acids is 1. The van der Waals surface area contributed by atoms with E-state index in [2.05, 4.69) is 41.6 Å². The predicted molar refractivity (Wildman–Crippen MR) is 146 cm³/mol. The van der Waals surface area contributed by atoms with Crippen LogP contribution in [0.2, 0.25) is 10.0 Å². The molecule has 1 amide bonds. The van der Waals surface area contributed by atoms with Crippen LogP contribution < -0.4 is 5.32 Å². The summed E-state index contributed by atoms with van der Waals surface area (Å²) in [6.45, 7) is 6.31. The Bertz CT molecular complexity index is 1480. The van der Waals surface area contributed by atoms with Gasteiger partial charge in [-0.25, -0.2) is 4.79 Å². The topological polar surface area (TPSA) is 110 Å². The fraction of sp³-hybridized carbons (Fsp3) is 0.192. The summed E-state index contributed by atoms with van der Waals surface area (Å²) < 4.78 is 1.50. The number of tetrazole rings is 1. The van der Waals surface area contributed by atoms with E-state index < -0.39 is 5.97 Å². The molecule has 1 aromatic heterocycles. The maximum Gasteiger partial charge on any atom is 0.335 e. The summed E-state index contributed by atoms with van der Waals surface area (Å²) in [6.07, 6.45) is 0. The minimum Gasteiger partial charge on any atom is -0.478 e. The Morgan fingerprint density at radius 3 is 2.43 bits per heavy atom. The SMILES string of the molecule is CC(C)(C)c1ccc(-n2nnnc2SCC(=O)Nc2ccc(-c3cccc(C(=O)O)c3)cc2Cl)c(Cl)c1. The first-order valence-corrected chi connectivity index (χ1v) is 12.9. The van der Waals surface area contributed by atoms with Gasteiger partial charge in [-0.3, -0.25) is 4.79 Å². The summed E-state index contributed by atoms with van der Waals surface area (Å²) in [4.78, 5) is 23.9. The number of anilines is 1. The minimum absolute atomic E-state index is 0.0385. The molecular formula is C26H23Cl2N5O3S. The molecule has 1 heterocycles. The van der Waals surface area contributed by atoms with Crippen LogP contribution in [0.15, 0.2) is 65.8 Å². The molecule has 4 aromatic rings. The summed E-state index contributed by atoms with van der Waals surface area (Å²) in [5.41, 5.74) is 3.70. The largest absolute Gasteiger partial charge is 0.478 e. The quantitative estimate of drug-likeness (QED) is 0.255. The van der Waals surface area contributed by atoms with E-state index in [0.29, 0.717) is 32.1 Å². The van der Waals surface area contributed by atoms with Crippen LogP contribution in [0.5, 0.6) is 0 Å². The number of benzene rings is 3. The molecule has 11 heteroatoms. The van der Waals surface area contributed by atoms with Crippen LogP contribution in [0.25, 0.3) is 16.8 Å². The Morgan fingerprint density at radius 1 is 1.00 bits per heavy atom. The van der Waals surface area contributed by atoms with Crippen LogP contribution >= 0.6 is 35.0 Å². The molecule has 0 saturated carbocycles. The number of nitrogens with one attached hydrogen (secondary N) is 1. The summed E-state index contributed by atoms with van der Waals surface area (Å²) in [6, 6.07) is 17.4.